The van der Waals surface area contributed by atoms with Gasteiger partial charge in [0, 0.05) is 16.2 Å². The molecule has 0 unspecified atom stereocenters. The molecule has 1 aliphatic carbocycles. The molecular formula is C11H15BrN2O3S. The molecule has 1 aliphatic rings. The Balaban J connectivity index is 2.29. The lowest BCUT2D eigenvalue weighted by molar-refractivity contribution is 0.0712. The van der Waals surface area contributed by atoms with Crippen LogP contribution in [0.5, 0.6) is 0 Å². The first kappa shape index (κ1) is 13.8. The van der Waals surface area contributed by atoms with Gasteiger partial charge in [0.15, 0.2) is 0 Å². The SMILES string of the molecule is Cc1c(N)cc(Br)cc1S(=O)(=O)NC1CC(O)C1. The van der Waals surface area contributed by atoms with E-state index in [0.29, 0.717) is 28.6 Å². The van der Waals surface area contributed by atoms with Gasteiger partial charge in [0.25, 0.3) is 0 Å². The molecule has 0 heterocycles. The number of benzene rings is 1. The molecule has 0 aromatic heterocycles. The summed E-state index contributed by atoms with van der Waals surface area (Å²) in [5.74, 6) is 0. The summed E-state index contributed by atoms with van der Waals surface area (Å²) in [7, 11) is -3.59. The van der Waals surface area contributed by atoms with Gasteiger partial charge in [0.1, 0.15) is 0 Å². The van der Waals surface area contributed by atoms with Crippen LogP contribution in [0.15, 0.2) is 21.5 Å². The van der Waals surface area contributed by atoms with Crippen LogP contribution in [0.2, 0.25) is 0 Å². The highest BCUT2D eigenvalue weighted by Crippen LogP contribution is 2.28. The molecule has 0 radical (unpaired) electrons. The quantitative estimate of drug-likeness (QED) is 0.723. The maximum Gasteiger partial charge on any atom is 0.241 e. The minimum Gasteiger partial charge on any atom is -0.398 e. The van der Waals surface area contributed by atoms with E-state index in [1.165, 1.54) is 6.07 Å². The summed E-state index contributed by atoms with van der Waals surface area (Å²) in [6, 6.07) is 3.01. The van der Waals surface area contributed by atoms with Crippen molar-refractivity contribution in [3.8, 4) is 0 Å². The Morgan fingerprint density at radius 1 is 1.44 bits per heavy atom. The molecule has 5 nitrogen and oxygen atoms in total. The third kappa shape index (κ3) is 2.69. The van der Waals surface area contributed by atoms with Crippen LogP contribution in [0.1, 0.15) is 18.4 Å². The van der Waals surface area contributed by atoms with Crippen LogP contribution in [-0.4, -0.2) is 25.7 Å². The number of nitrogens with two attached hydrogens (primary N) is 1. The highest BCUT2D eigenvalue weighted by atomic mass is 79.9. The lowest BCUT2D eigenvalue weighted by atomic mass is 9.91. The molecule has 1 fully saturated rings. The van der Waals surface area contributed by atoms with Crippen molar-refractivity contribution in [1.82, 2.24) is 4.72 Å². The van der Waals surface area contributed by atoms with Crippen molar-refractivity contribution < 1.29 is 13.5 Å². The molecule has 0 bridgehead atoms. The van der Waals surface area contributed by atoms with Gasteiger partial charge in [-0.1, -0.05) is 15.9 Å². The standard InChI is InChI=1S/C11H15BrN2O3S/c1-6-10(13)2-7(12)3-11(6)18(16,17)14-8-4-9(15)5-8/h2-3,8-9,14-15H,4-5,13H2,1H3. The third-order valence-corrected chi connectivity index (χ3v) is 5.19. The summed E-state index contributed by atoms with van der Waals surface area (Å²) in [5.41, 5.74) is 6.72. The fraction of sp³-hybridized carbons (Fsp3) is 0.455. The molecule has 0 amide bonds. The Kier molecular flexibility index (Phi) is 3.68. The molecule has 0 saturated heterocycles. The zero-order valence-corrected chi connectivity index (χ0v) is 12.3. The zero-order chi connectivity index (χ0) is 13.5. The van der Waals surface area contributed by atoms with Gasteiger partial charge in [-0.05, 0) is 37.5 Å². The molecule has 1 aromatic carbocycles. The van der Waals surface area contributed by atoms with E-state index in [2.05, 4.69) is 20.7 Å². The van der Waals surface area contributed by atoms with Crippen molar-refractivity contribution in [3.05, 3.63) is 22.2 Å². The number of nitrogen functional groups attached to an aromatic ring is 1. The maximum absolute atomic E-state index is 12.2. The summed E-state index contributed by atoms with van der Waals surface area (Å²) >= 11 is 3.23. The van der Waals surface area contributed by atoms with Gasteiger partial charge in [0.2, 0.25) is 10.0 Å². The highest BCUT2D eigenvalue weighted by molar-refractivity contribution is 9.10. The number of anilines is 1. The van der Waals surface area contributed by atoms with Crippen molar-refractivity contribution in [3.63, 3.8) is 0 Å². The average Bonchev–Trinajstić information content (AvgIpc) is 2.20. The Labute approximate surface area is 115 Å². The first-order valence-electron chi connectivity index (χ1n) is 5.55. The number of nitrogens with one attached hydrogen (secondary N) is 1. The average molecular weight is 335 g/mol. The van der Waals surface area contributed by atoms with Crippen LogP contribution in [-0.2, 0) is 10.0 Å². The molecule has 0 atom stereocenters. The minimum atomic E-state index is -3.59. The van der Waals surface area contributed by atoms with Crippen molar-refractivity contribution in [2.75, 3.05) is 5.73 Å². The number of sulfonamides is 1. The van der Waals surface area contributed by atoms with E-state index >= 15 is 0 Å². The van der Waals surface area contributed by atoms with Gasteiger partial charge >= 0.3 is 0 Å². The van der Waals surface area contributed by atoms with E-state index in [1.54, 1.807) is 13.0 Å². The number of rotatable bonds is 3. The number of hydrogen-bond acceptors (Lipinski definition) is 4. The van der Waals surface area contributed by atoms with E-state index in [-0.39, 0.29) is 10.9 Å². The predicted octanol–water partition coefficient (Wildman–Crippen LogP) is 1.14. The second-order valence-corrected chi connectivity index (χ2v) is 7.16. The van der Waals surface area contributed by atoms with Crippen molar-refractivity contribution in [2.24, 2.45) is 0 Å². The summed E-state index contributed by atoms with van der Waals surface area (Å²) in [6.45, 7) is 1.67. The topological polar surface area (TPSA) is 92.4 Å². The Hall–Kier alpha value is -0.630. The monoisotopic (exact) mass is 334 g/mol. The van der Waals surface area contributed by atoms with E-state index < -0.39 is 16.1 Å². The van der Waals surface area contributed by atoms with Gasteiger partial charge in [-0.15, -0.1) is 0 Å². The maximum atomic E-state index is 12.2. The van der Waals surface area contributed by atoms with Gasteiger partial charge < -0.3 is 10.8 Å². The van der Waals surface area contributed by atoms with E-state index in [4.69, 9.17) is 10.8 Å². The van der Waals surface area contributed by atoms with E-state index in [1.807, 2.05) is 0 Å². The summed E-state index contributed by atoms with van der Waals surface area (Å²) in [6.07, 6.45) is 0.523. The van der Waals surface area contributed by atoms with Crippen LogP contribution in [0.25, 0.3) is 0 Å². The first-order valence-corrected chi connectivity index (χ1v) is 7.83. The fourth-order valence-electron chi connectivity index (χ4n) is 1.92. The largest absolute Gasteiger partial charge is 0.398 e. The van der Waals surface area contributed by atoms with Crippen LogP contribution in [0.4, 0.5) is 5.69 Å². The van der Waals surface area contributed by atoms with E-state index in [0.717, 1.165) is 0 Å². The van der Waals surface area contributed by atoms with Gasteiger partial charge in [-0.25, -0.2) is 13.1 Å². The van der Waals surface area contributed by atoms with Crippen molar-refractivity contribution in [2.45, 2.75) is 36.8 Å². The first-order chi connectivity index (χ1) is 8.29. The Morgan fingerprint density at radius 2 is 2.06 bits per heavy atom. The van der Waals surface area contributed by atoms with Gasteiger partial charge in [-0.2, -0.15) is 0 Å². The minimum absolute atomic E-state index is 0.177. The van der Waals surface area contributed by atoms with Gasteiger partial charge in [-0.3, -0.25) is 0 Å². The summed E-state index contributed by atoms with van der Waals surface area (Å²) in [5, 5.41) is 9.17. The van der Waals surface area contributed by atoms with E-state index in [9.17, 15) is 8.42 Å². The number of aliphatic hydroxyl groups excluding tert-OH is 1. The fourth-order valence-corrected chi connectivity index (χ4v) is 4.11. The Morgan fingerprint density at radius 3 is 2.61 bits per heavy atom. The zero-order valence-electron chi connectivity index (χ0n) is 9.85. The van der Waals surface area contributed by atoms with Crippen molar-refractivity contribution in [1.29, 1.82) is 0 Å². The third-order valence-electron chi connectivity index (χ3n) is 3.09. The highest BCUT2D eigenvalue weighted by Gasteiger charge is 2.32. The van der Waals surface area contributed by atoms with Crippen LogP contribution < -0.4 is 10.5 Å². The molecule has 4 N–H and O–H groups in total. The molecule has 100 valence electrons. The lowest BCUT2D eigenvalue weighted by Crippen LogP contribution is -2.46. The predicted molar refractivity (Wildman–Crippen MR) is 72.6 cm³/mol. The summed E-state index contributed by atoms with van der Waals surface area (Å²) in [4.78, 5) is 0.177. The molecule has 0 aliphatic heterocycles. The second kappa shape index (κ2) is 4.80. The molecule has 18 heavy (non-hydrogen) atoms. The normalized spacial score (nSPS) is 23.7. The van der Waals surface area contributed by atoms with Crippen LogP contribution in [0.3, 0.4) is 0 Å². The second-order valence-electron chi connectivity index (χ2n) is 4.56. The molecule has 1 aromatic rings. The number of hydrogen-bond donors (Lipinski definition) is 3. The number of aliphatic hydroxyl groups is 1. The molecule has 2 rings (SSSR count). The van der Waals surface area contributed by atoms with Crippen molar-refractivity contribution >= 4 is 31.6 Å². The van der Waals surface area contributed by atoms with Crippen LogP contribution >= 0.6 is 15.9 Å². The van der Waals surface area contributed by atoms with Crippen LogP contribution in [0, 0.1) is 6.92 Å². The number of halogens is 1. The molecule has 1 saturated carbocycles. The summed E-state index contributed by atoms with van der Waals surface area (Å²) < 4.78 is 27.6. The van der Waals surface area contributed by atoms with Gasteiger partial charge in [0.05, 0.1) is 11.0 Å². The smallest absolute Gasteiger partial charge is 0.241 e. The lowest BCUT2D eigenvalue weighted by Gasteiger charge is -2.31. The molecular weight excluding hydrogens is 320 g/mol. The molecule has 7 heteroatoms. The Bertz CT molecular complexity index is 568. The molecule has 0 spiro atoms.